The minimum Gasteiger partial charge on any atom is -0.369 e. The molecule has 0 spiro atoms. The fraction of sp³-hybridized carbons (Fsp3) is 0.636. The lowest BCUT2D eigenvalue weighted by atomic mass is 10.2. The van der Waals surface area contributed by atoms with E-state index < -0.39 is 0 Å². The van der Waals surface area contributed by atoms with Crippen LogP contribution in [0.4, 0.5) is 11.8 Å². The molecule has 2 N–H and O–H groups in total. The molecule has 0 amide bonds. The molecule has 4 nitrogen and oxygen atoms in total. The third-order valence-electron chi connectivity index (χ3n) is 2.75. The molecule has 0 aromatic carbocycles. The largest absolute Gasteiger partial charge is 0.369 e. The molecule has 2 rings (SSSR count). The highest BCUT2D eigenvalue weighted by molar-refractivity contribution is 6.32. The van der Waals surface area contributed by atoms with Gasteiger partial charge in [0, 0.05) is 13.6 Å². The fourth-order valence-electron chi connectivity index (χ4n) is 1.62. The molecule has 0 aliphatic heterocycles. The van der Waals surface area contributed by atoms with Crippen molar-refractivity contribution in [1.29, 1.82) is 0 Å². The zero-order valence-corrected chi connectivity index (χ0v) is 10.2. The average molecular weight is 241 g/mol. The molecule has 1 saturated carbocycles. The molecule has 1 aromatic heterocycles. The molecule has 88 valence electrons. The van der Waals surface area contributed by atoms with Gasteiger partial charge in [-0.1, -0.05) is 24.4 Å². The summed E-state index contributed by atoms with van der Waals surface area (Å²) in [5.74, 6) is 2.29. The van der Waals surface area contributed by atoms with Crippen LogP contribution in [0, 0.1) is 5.92 Å². The third-order valence-corrected chi connectivity index (χ3v) is 3.02. The van der Waals surface area contributed by atoms with E-state index in [2.05, 4.69) is 20.6 Å². The number of rotatable bonds is 6. The van der Waals surface area contributed by atoms with Crippen LogP contribution in [0.15, 0.2) is 6.20 Å². The van der Waals surface area contributed by atoms with Gasteiger partial charge in [0.25, 0.3) is 0 Å². The van der Waals surface area contributed by atoms with E-state index in [-0.39, 0.29) is 0 Å². The van der Waals surface area contributed by atoms with Crippen LogP contribution in [0.25, 0.3) is 0 Å². The van der Waals surface area contributed by atoms with Crippen LogP contribution in [-0.4, -0.2) is 23.6 Å². The van der Waals surface area contributed by atoms with Crippen LogP contribution in [0.1, 0.15) is 25.7 Å². The molecule has 1 aliphatic carbocycles. The van der Waals surface area contributed by atoms with Crippen molar-refractivity contribution in [3.05, 3.63) is 11.2 Å². The second kappa shape index (κ2) is 5.34. The normalized spacial score (nSPS) is 14.9. The van der Waals surface area contributed by atoms with Crippen LogP contribution in [0.3, 0.4) is 0 Å². The quantitative estimate of drug-likeness (QED) is 0.751. The molecule has 16 heavy (non-hydrogen) atoms. The van der Waals surface area contributed by atoms with Gasteiger partial charge >= 0.3 is 0 Å². The van der Waals surface area contributed by atoms with Gasteiger partial charge in [-0.2, -0.15) is 4.98 Å². The maximum absolute atomic E-state index is 5.99. The number of halogens is 1. The van der Waals surface area contributed by atoms with Crippen molar-refractivity contribution in [2.45, 2.75) is 25.7 Å². The van der Waals surface area contributed by atoms with Gasteiger partial charge in [-0.15, -0.1) is 0 Å². The summed E-state index contributed by atoms with van der Waals surface area (Å²) in [4.78, 5) is 8.29. The van der Waals surface area contributed by atoms with E-state index in [1.165, 1.54) is 25.7 Å². The molecule has 0 unspecified atom stereocenters. The maximum atomic E-state index is 5.99. The van der Waals surface area contributed by atoms with Gasteiger partial charge in [0.1, 0.15) is 10.8 Å². The Morgan fingerprint density at radius 1 is 1.50 bits per heavy atom. The van der Waals surface area contributed by atoms with E-state index in [0.717, 1.165) is 18.3 Å². The van der Waals surface area contributed by atoms with E-state index >= 15 is 0 Å². The number of anilines is 2. The molecule has 5 heteroatoms. The molecule has 0 radical (unpaired) electrons. The van der Waals surface area contributed by atoms with Crippen LogP contribution in [0.2, 0.25) is 5.02 Å². The fourth-order valence-corrected chi connectivity index (χ4v) is 1.77. The summed E-state index contributed by atoms with van der Waals surface area (Å²) in [6, 6.07) is 0. The molecule has 1 heterocycles. The first-order valence-corrected chi connectivity index (χ1v) is 6.11. The predicted octanol–water partition coefficient (Wildman–Crippen LogP) is 2.77. The van der Waals surface area contributed by atoms with E-state index in [0.29, 0.717) is 11.0 Å². The van der Waals surface area contributed by atoms with E-state index in [9.17, 15) is 0 Å². The van der Waals surface area contributed by atoms with Gasteiger partial charge in [0.05, 0.1) is 6.20 Å². The van der Waals surface area contributed by atoms with Gasteiger partial charge < -0.3 is 10.6 Å². The van der Waals surface area contributed by atoms with Gasteiger partial charge in [-0.25, -0.2) is 4.98 Å². The highest BCUT2D eigenvalue weighted by Crippen LogP contribution is 2.33. The molecule has 0 atom stereocenters. The highest BCUT2D eigenvalue weighted by Gasteiger charge is 2.19. The van der Waals surface area contributed by atoms with Crippen LogP contribution >= 0.6 is 11.6 Å². The molecule has 1 aromatic rings. The Morgan fingerprint density at radius 3 is 3.00 bits per heavy atom. The Labute approximate surface area is 101 Å². The molecular formula is C11H17ClN4. The Hall–Kier alpha value is -1.03. The smallest absolute Gasteiger partial charge is 0.224 e. The third kappa shape index (κ3) is 3.23. The second-order valence-electron chi connectivity index (χ2n) is 4.15. The monoisotopic (exact) mass is 240 g/mol. The van der Waals surface area contributed by atoms with Gasteiger partial charge in [-0.05, 0) is 18.8 Å². The Kier molecular flexibility index (Phi) is 3.83. The first-order chi connectivity index (χ1) is 7.79. The number of nitrogens with zero attached hydrogens (tertiary/aromatic N) is 2. The summed E-state index contributed by atoms with van der Waals surface area (Å²) >= 11 is 5.99. The van der Waals surface area contributed by atoms with E-state index in [1.807, 2.05) is 0 Å². The van der Waals surface area contributed by atoms with Crippen molar-refractivity contribution in [2.75, 3.05) is 24.2 Å². The van der Waals surface area contributed by atoms with Crippen molar-refractivity contribution in [1.82, 2.24) is 9.97 Å². The summed E-state index contributed by atoms with van der Waals surface area (Å²) in [6.07, 6.45) is 6.94. The first-order valence-electron chi connectivity index (χ1n) is 5.73. The molecule has 1 aliphatic rings. The van der Waals surface area contributed by atoms with Crippen LogP contribution in [0.5, 0.6) is 0 Å². The minimum absolute atomic E-state index is 0.574. The molecule has 1 fully saturated rings. The summed E-state index contributed by atoms with van der Waals surface area (Å²) in [7, 11) is 1.79. The molecule has 0 saturated heterocycles. The average Bonchev–Trinajstić information content (AvgIpc) is 3.10. The molecule has 0 bridgehead atoms. The lowest BCUT2D eigenvalue weighted by Gasteiger charge is -2.08. The van der Waals surface area contributed by atoms with Gasteiger partial charge in [0.15, 0.2) is 0 Å². The summed E-state index contributed by atoms with van der Waals surface area (Å²) in [6.45, 7) is 0.927. The number of hydrogen-bond acceptors (Lipinski definition) is 4. The summed E-state index contributed by atoms with van der Waals surface area (Å²) in [5, 5.41) is 6.71. The zero-order chi connectivity index (χ0) is 11.4. The number of aromatic nitrogens is 2. The Morgan fingerprint density at radius 2 is 2.31 bits per heavy atom. The van der Waals surface area contributed by atoms with E-state index in [4.69, 9.17) is 11.6 Å². The standard InChI is InChI=1S/C11H17ClN4/c1-13-11-15-7-9(12)10(16-11)14-6-2-3-8-4-5-8/h7-8H,2-6H2,1H3,(H2,13,14,15,16). The summed E-state index contributed by atoms with van der Waals surface area (Å²) in [5.41, 5.74) is 0. The second-order valence-corrected chi connectivity index (χ2v) is 4.56. The van der Waals surface area contributed by atoms with Gasteiger partial charge in [-0.3, -0.25) is 0 Å². The zero-order valence-electron chi connectivity index (χ0n) is 9.46. The van der Waals surface area contributed by atoms with Crippen molar-refractivity contribution < 1.29 is 0 Å². The maximum Gasteiger partial charge on any atom is 0.224 e. The SMILES string of the molecule is CNc1ncc(Cl)c(NCCCC2CC2)n1. The van der Waals surface area contributed by atoms with Crippen molar-refractivity contribution in [3.8, 4) is 0 Å². The van der Waals surface area contributed by atoms with Crippen molar-refractivity contribution in [3.63, 3.8) is 0 Å². The van der Waals surface area contributed by atoms with Crippen LogP contribution < -0.4 is 10.6 Å². The number of nitrogens with one attached hydrogen (secondary N) is 2. The van der Waals surface area contributed by atoms with E-state index in [1.54, 1.807) is 13.2 Å². The van der Waals surface area contributed by atoms with Crippen molar-refractivity contribution in [2.24, 2.45) is 5.92 Å². The topological polar surface area (TPSA) is 49.8 Å². The van der Waals surface area contributed by atoms with Crippen LogP contribution in [-0.2, 0) is 0 Å². The Bertz CT molecular complexity index is 352. The lowest BCUT2D eigenvalue weighted by Crippen LogP contribution is -2.06. The highest BCUT2D eigenvalue weighted by atomic mass is 35.5. The lowest BCUT2D eigenvalue weighted by molar-refractivity contribution is 0.686. The van der Waals surface area contributed by atoms with Gasteiger partial charge in [0.2, 0.25) is 5.95 Å². The van der Waals surface area contributed by atoms with Crippen molar-refractivity contribution >= 4 is 23.4 Å². The summed E-state index contributed by atoms with van der Waals surface area (Å²) < 4.78 is 0. The minimum atomic E-state index is 0.574. The number of hydrogen-bond donors (Lipinski definition) is 2. The molecular weight excluding hydrogens is 224 g/mol. The predicted molar refractivity (Wildman–Crippen MR) is 67.0 cm³/mol. The first kappa shape index (κ1) is 11.5. The Balaban J connectivity index is 1.81.